The molecule has 0 aliphatic carbocycles. The number of nitrogens with one attached hydrogen (secondary N) is 2. The number of para-hydroxylation sites is 1. The molecule has 1 heterocycles. The zero-order valence-electron chi connectivity index (χ0n) is 14.1. The number of rotatable bonds is 5. The molecule has 0 radical (unpaired) electrons. The molecule has 4 nitrogen and oxygen atoms in total. The second-order valence-electron chi connectivity index (χ2n) is 5.64. The standard InChI is InChI=1S/C20H17F2N3O/c1-2-13-5-3-4-6-17(13)25-20(26)19-12-15(9-10-23-19)24-18-8-7-14(21)11-16(18)22/h3-12H,2H2,1H3,(H,23,24)(H,25,26). The van der Waals surface area contributed by atoms with E-state index in [0.717, 1.165) is 29.8 Å². The van der Waals surface area contributed by atoms with Crippen molar-refractivity contribution in [2.24, 2.45) is 0 Å². The fourth-order valence-electron chi connectivity index (χ4n) is 2.52. The van der Waals surface area contributed by atoms with Crippen LogP contribution < -0.4 is 10.6 Å². The van der Waals surface area contributed by atoms with Crippen molar-refractivity contribution in [1.29, 1.82) is 0 Å². The van der Waals surface area contributed by atoms with Gasteiger partial charge in [0.05, 0.1) is 5.69 Å². The molecule has 0 aliphatic rings. The number of pyridine rings is 1. The summed E-state index contributed by atoms with van der Waals surface area (Å²) in [6.07, 6.45) is 2.24. The Hall–Kier alpha value is -3.28. The van der Waals surface area contributed by atoms with E-state index < -0.39 is 11.6 Å². The van der Waals surface area contributed by atoms with Crippen molar-refractivity contribution >= 4 is 23.0 Å². The van der Waals surface area contributed by atoms with E-state index in [0.29, 0.717) is 5.69 Å². The quantitative estimate of drug-likeness (QED) is 0.685. The predicted molar refractivity (Wildman–Crippen MR) is 97.7 cm³/mol. The van der Waals surface area contributed by atoms with Crippen LogP contribution in [0.15, 0.2) is 60.8 Å². The van der Waals surface area contributed by atoms with Gasteiger partial charge in [0, 0.05) is 23.6 Å². The van der Waals surface area contributed by atoms with E-state index in [1.165, 1.54) is 18.3 Å². The van der Waals surface area contributed by atoms with Crippen molar-refractivity contribution in [1.82, 2.24) is 4.98 Å². The lowest BCUT2D eigenvalue weighted by Crippen LogP contribution is -2.15. The van der Waals surface area contributed by atoms with E-state index in [1.807, 2.05) is 31.2 Å². The number of aromatic nitrogens is 1. The highest BCUT2D eigenvalue weighted by Crippen LogP contribution is 2.21. The molecule has 2 aromatic carbocycles. The molecule has 0 fully saturated rings. The molecule has 0 aliphatic heterocycles. The third kappa shape index (κ3) is 4.03. The molecular weight excluding hydrogens is 336 g/mol. The number of nitrogens with zero attached hydrogens (tertiary/aromatic N) is 1. The van der Waals surface area contributed by atoms with E-state index >= 15 is 0 Å². The molecule has 2 N–H and O–H groups in total. The van der Waals surface area contributed by atoms with Crippen molar-refractivity contribution < 1.29 is 13.6 Å². The Balaban J connectivity index is 1.79. The number of carbonyl (C=O) groups excluding carboxylic acids is 1. The van der Waals surface area contributed by atoms with Crippen LogP contribution in [-0.4, -0.2) is 10.9 Å². The van der Waals surface area contributed by atoms with Crippen LogP contribution in [0, 0.1) is 11.6 Å². The molecule has 0 unspecified atom stereocenters. The van der Waals surface area contributed by atoms with Gasteiger partial charge in [-0.2, -0.15) is 0 Å². The van der Waals surface area contributed by atoms with Gasteiger partial charge in [0.25, 0.3) is 5.91 Å². The number of hydrogen-bond acceptors (Lipinski definition) is 3. The highest BCUT2D eigenvalue weighted by Gasteiger charge is 2.11. The van der Waals surface area contributed by atoms with Gasteiger partial charge < -0.3 is 10.6 Å². The fraction of sp³-hybridized carbons (Fsp3) is 0.100. The number of benzene rings is 2. The van der Waals surface area contributed by atoms with Gasteiger partial charge in [0.1, 0.15) is 17.3 Å². The van der Waals surface area contributed by atoms with E-state index in [4.69, 9.17) is 0 Å². The minimum atomic E-state index is -0.718. The summed E-state index contributed by atoms with van der Waals surface area (Å²) in [5, 5.41) is 5.65. The number of amides is 1. The van der Waals surface area contributed by atoms with Gasteiger partial charge in [-0.15, -0.1) is 0 Å². The van der Waals surface area contributed by atoms with Crippen LogP contribution in [0.2, 0.25) is 0 Å². The van der Waals surface area contributed by atoms with Crippen LogP contribution in [0.25, 0.3) is 0 Å². The summed E-state index contributed by atoms with van der Waals surface area (Å²) in [5.74, 6) is -1.74. The Morgan fingerprint density at radius 1 is 1.04 bits per heavy atom. The monoisotopic (exact) mass is 353 g/mol. The van der Waals surface area contributed by atoms with Crippen molar-refractivity contribution in [3.63, 3.8) is 0 Å². The Bertz CT molecular complexity index is 944. The molecule has 26 heavy (non-hydrogen) atoms. The van der Waals surface area contributed by atoms with Crippen LogP contribution in [0.5, 0.6) is 0 Å². The highest BCUT2D eigenvalue weighted by atomic mass is 19.1. The summed E-state index contributed by atoms with van der Waals surface area (Å²) in [4.78, 5) is 16.5. The van der Waals surface area contributed by atoms with E-state index in [9.17, 15) is 13.6 Å². The maximum atomic E-state index is 13.8. The molecule has 3 rings (SSSR count). The van der Waals surface area contributed by atoms with Gasteiger partial charge in [-0.05, 0) is 42.3 Å². The Kier molecular flexibility index (Phi) is 5.22. The van der Waals surface area contributed by atoms with Gasteiger partial charge in [0.2, 0.25) is 0 Å². The minimum absolute atomic E-state index is 0.111. The first-order chi connectivity index (χ1) is 12.6. The second kappa shape index (κ2) is 7.74. The molecular formula is C20H17F2N3O. The van der Waals surface area contributed by atoms with E-state index in [1.54, 1.807) is 6.07 Å². The van der Waals surface area contributed by atoms with Gasteiger partial charge >= 0.3 is 0 Å². The van der Waals surface area contributed by atoms with Crippen molar-refractivity contribution in [2.45, 2.75) is 13.3 Å². The first-order valence-electron chi connectivity index (χ1n) is 8.14. The average molecular weight is 353 g/mol. The third-order valence-electron chi connectivity index (χ3n) is 3.85. The van der Waals surface area contributed by atoms with Gasteiger partial charge in [-0.25, -0.2) is 8.78 Å². The SMILES string of the molecule is CCc1ccccc1NC(=O)c1cc(Nc2ccc(F)cc2F)ccn1. The van der Waals surface area contributed by atoms with Gasteiger partial charge in [-0.1, -0.05) is 25.1 Å². The smallest absolute Gasteiger partial charge is 0.274 e. The van der Waals surface area contributed by atoms with Crippen molar-refractivity contribution in [3.8, 4) is 0 Å². The summed E-state index contributed by atoms with van der Waals surface area (Å²) in [7, 11) is 0. The third-order valence-corrected chi connectivity index (χ3v) is 3.85. The Labute approximate surface area is 149 Å². The lowest BCUT2D eigenvalue weighted by molar-refractivity contribution is 0.102. The van der Waals surface area contributed by atoms with Gasteiger partial charge in [0.15, 0.2) is 0 Å². The maximum Gasteiger partial charge on any atom is 0.274 e. The van der Waals surface area contributed by atoms with E-state index in [-0.39, 0.29) is 17.3 Å². The normalized spacial score (nSPS) is 10.4. The molecule has 0 spiro atoms. The van der Waals surface area contributed by atoms with Crippen LogP contribution in [0.1, 0.15) is 23.0 Å². The molecule has 0 bridgehead atoms. The first-order valence-corrected chi connectivity index (χ1v) is 8.14. The van der Waals surface area contributed by atoms with Crippen molar-refractivity contribution in [2.75, 3.05) is 10.6 Å². The van der Waals surface area contributed by atoms with Crippen LogP contribution in [0.3, 0.4) is 0 Å². The molecule has 3 aromatic rings. The lowest BCUT2D eigenvalue weighted by Gasteiger charge is -2.11. The molecule has 0 saturated carbocycles. The van der Waals surface area contributed by atoms with Crippen molar-refractivity contribution in [3.05, 3.63) is 83.7 Å². The number of hydrogen-bond donors (Lipinski definition) is 2. The molecule has 132 valence electrons. The zero-order chi connectivity index (χ0) is 18.5. The Morgan fingerprint density at radius 2 is 1.85 bits per heavy atom. The zero-order valence-corrected chi connectivity index (χ0v) is 14.1. The summed E-state index contributed by atoms with van der Waals surface area (Å²) >= 11 is 0. The summed E-state index contributed by atoms with van der Waals surface area (Å²) in [5.41, 5.74) is 2.51. The van der Waals surface area contributed by atoms with E-state index in [2.05, 4.69) is 15.6 Å². The Morgan fingerprint density at radius 3 is 2.62 bits per heavy atom. The number of anilines is 3. The van der Waals surface area contributed by atoms with Crippen LogP contribution >= 0.6 is 0 Å². The molecule has 6 heteroatoms. The molecule has 0 saturated heterocycles. The number of carbonyl (C=O) groups is 1. The second-order valence-corrected chi connectivity index (χ2v) is 5.64. The summed E-state index contributed by atoms with van der Waals surface area (Å²) < 4.78 is 26.8. The maximum absolute atomic E-state index is 13.8. The average Bonchev–Trinajstić information content (AvgIpc) is 2.65. The molecule has 1 amide bonds. The minimum Gasteiger partial charge on any atom is -0.353 e. The predicted octanol–water partition coefficient (Wildman–Crippen LogP) is 4.92. The first kappa shape index (κ1) is 17.5. The summed E-state index contributed by atoms with van der Waals surface area (Å²) in [6.45, 7) is 2.00. The topological polar surface area (TPSA) is 54.0 Å². The number of halogens is 2. The largest absolute Gasteiger partial charge is 0.353 e. The van der Waals surface area contributed by atoms with Crippen LogP contribution in [0.4, 0.5) is 25.8 Å². The van der Waals surface area contributed by atoms with Crippen LogP contribution in [-0.2, 0) is 6.42 Å². The molecule has 0 atom stereocenters. The highest BCUT2D eigenvalue weighted by molar-refractivity contribution is 6.03. The fourth-order valence-corrected chi connectivity index (χ4v) is 2.52. The number of aryl methyl sites for hydroxylation is 1. The summed E-state index contributed by atoms with van der Waals surface area (Å²) in [6, 6.07) is 13.9. The van der Waals surface area contributed by atoms with Gasteiger partial charge in [-0.3, -0.25) is 9.78 Å². The molecule has 1 aromatic heterocycles. The lowest BCUT2D eigenvalue weighted by atomic mass is 10.1.